The van der Waals surface area contributed by atoms with Gasteiger partial charge in [-0.25, -0.2) is 0 Å². The Hall–Kier alpha value is -0.580. The fourth-order valence-corrected chi connectivity index (χ4v) is 4.05. The van der Waals surface area contributed by atoms with Gasteiger partial charge in [0.15, 0.2) is 0 Å². The summed E-state index contributed by atoms with van der Waals surface area (Å²) in [6, 6.07) is 0.415. The maximum atomic E-state index is 6.17. The molecule has 3 rings (SSSR count). The molecule has 2 saturated heterocycles. The van der Waals surface area contributed by atoms with Crippen LogP contribution in [0.3, 0.4) is 0 Å². The first kappa shape index (κ1) is 15.3. The van der Waals surface area contributed by atoms with E-state index in [0.717, 1.165) is 57.6 Å². The fourth-order valence-electron chi connectivity index (χ4n) is 3.75. The molecule has 0 bridgehead atoms. The lowest BCUT2D eigenvalue weighted by Gasteiger charge is -2.37. The lowest BCUT2D eigenvalue weighted by atomic mass is 9.89. The molecule has 2 atom stereocenters. The van der Waals surface area contributed by atoms with Gasteiger partial charge in [0.05, 0.1) is 29.8 Å². The molecule has 5 heteroatoms. The maximum Gasteiger partial charge on any atom is 0.0957 e. The normalized spacial score (nSPS) is 29.4. The predicted octanol–water partition coefficient (Wildman–Crippen LogP) is 3.26. The first-order valence-corrected chi connectivity index (χ1v) is 8.63. The monoisotopic (exact) mass is 312 g/mol. The fraction of sp³-hybridized carbons (Fsp3) is 0.812. The summed E-state index contributed by atoms with van der Waals surface area (Å²) in [6.45, 7) is 6.69. The van der Waals surface area contributed by atoms with Crippen LogP contribution in [-0.4, -0.2) is 35.2 Å². The van der Waals surface area contributed by atoms with Crippen LogP contribution in [0.4, 0.5) is 0 Å². The van der Waals surface area contributed by atoms with Gasteiger partial charge in [0.1, 0.15) is 0 Å². The van der Waals surface area contributed by atoms with E-state index < -0.39 is 0 Å². The summed E-state index contributed by atoms with van der Waals surface area (Å²) in [7, 11) is 0. The Bertz CT molecular complexity index is 495. The highest BCUT2D eigenvalue weighted by Gasteiger charge is 2.42. The van der Waals surface area contributed by atoms with Crippen LogP contribution in [0, 0.1) is 0 Å². The van der Waals surface area contributed by atoms with E-state index in [4.69, 9.17) is 26.2 Å². The van der Waals surface area contributed by atoms with Crippen LogP contribution in [0.2, 0.25) is 0 Å². The van der Waals surface area contributed by atoms with E-state index in [0.29, 0.717) is 11.9 Å². The van der Waals surface area contributed by atoms with Gasteiger partial charge in [-0.1, -0.05) is 13.8 Å². The molecule has 3 heterocycles. The minimum atomic E-state index is -0.0760. The third-order valence-electron chi connectivity index (χ3n) is 4.89. The summed E-state index contributed by atoms with van der Waals surface area (Å²) in [5.74, 6) is 0.559. The third kappa shape index (κ3) is 2.73. The van der Waals surface area contributed by atoms with Gasteiger partial charge in [0, 0.05) is 37.3 Å². The average molecular weight is 313 g/mol. The predicted molar refractivity (Wildman–Crippen MR) is 82.9 cm³/mol. The maximum absolute atomic E-state index is 6.17. The van der Waals surface area contributed by atoms with E-state index in [1.807, 2.05) is 0 Å². The molecular weight excluding hydrogens is 288 g/mol. The lowest BCUT2D eigenvalue weighted by molar-refractivity contribution is -0.0965. The van der Waals surface area contributed by atoms with Crippen LogP contribution in [0.5, 0.6) is 0 Å². The smallest absolute Gasteiger partial charge is 0.0957 e. The summed E-state index contributed by atoms with van der Waals surface area (Å²) in [5.41, 5.74) is 3.63. The van der Waals surface area contributed by atoms with Crippen molar-refractivity contribution < 1.29 is 9.47 Å². The minimum Gasteiger partial charge on any atom is -0.378 e. The number of ether oxygens (including phenoxy) is 2. The highest BCUT2D eigenvalue weighted by molar-refractivity contribution is 6.17. The Balaban J connectivity index is 1.90. The van der Waals surface area contributed by atoms with E-state index in [9.17, 15) is 0 Å². The molecule has 0 aromatic carbocycles. The number of hydrogen-bond acceptors (Lipinski definition) is 3. The molecule has 1 aromatic heterocycles. The second-order valence-electron chi connectivity index (χ2n) is 6.14. The molecule has 2 aliphatic rings. The van der Waals surface area contributed by atoms with Crippen molar-refractivity contribution in [2.45, 2.75) is 63.5 Å². The summed E-state index contributed by atoms with van der Waals surface area (Å²) >= 11 is 6.17. The zero-order chi connectivity index (χ0) is 14.9. The molecule has 0 radical (unpaired) electrons. The molecule has 1 aromatic rings. The first-order chi connectivity index (χ1) is 10.2. The molecule has 0 aliphatic carbocycles. The van der Waals surface area contributed by atoms with E-state index in [2.05, 4.69) is 18.5 Å². The van der Waals surface area contributed by atoms with Crippen molar-refractivity contribution in [3.63, 3.8) is 0 Å². The van der Waals surface area contributed by atoms with Crippen molar-refractivity contribution in [1.29, 1.82) is 0 Å². The zero-order valence-corrected chi connectivity index (χ0v) is 13.8. The van der Waals surface area contributed by atoms with Gasteiger partial charge < -0.3 is 9.47 Å². The molecule has 2 unspecified atom stereocenters. The van der Waals surface area contributed by atoms with Gasteiger partial charge >= 0.3 is 0 Å². The van der Waals surface area contributed by atoms with Crippen molar-refractivity contribution in [2.75, 3.05) is 19.8 Å². The van der Waals surface area contributed by atoms with Gasteiger partial charge in [-0.2, -0.15) is 5.10 Å². The number of aromatic nitrogens is 2. The second kappa shape index (κ2) is 6.27. The van der Waals surface area contributed by atoms with Gasteiger partial charge in [-0.05, 0) is 19.3 Å². The summed E-state index contributed by atoms with van der Waals surface area (Å²) < 4.78 is 13.9. The number of hydrogen-bond donors (Lipinski definition) is 0. The molecule has 118 valence electrons. The number of halogens is 1. The first-order valence-electron chi connectivity index (χ1n) is 8.09. The number of alkyl halides is 1. The van der Waals surface area contributed by atoms with Crippen LogP contribution in [0.25, 0.3) is 0 Å². The third-order valence-corrected chi connectivity index (χ3v) is 5.15. The Morgan fingerprint density at radius 2 is 2.19 bits per heavy atom. The van der Waals surface area contributed by atoms with Crippen molar-refractivity contribution in [1.82, 2.24) is 9.78 Å². The molecule has 4 nitrogen and oxygen atoms in total. The van der Waals surface area contributed by atoms with Gasteiger partial charge in [-0.3, -0.25) is 4.68 Å². The highest BCUT2D eigenvalue weighted by Crippen LogP contribution is 2.39. The molecule has 21 heavy (non-hydrogen) atoms. The summed E-state index contributed by atoms with van der Waals surface area (Å²) in [6.07, 6.45) is 4.97. The van der Waals surface area contributed by atoms with E-state index >= 15 is 0 Å². The van der Waals surface area contributed by atoms with Crippen molar-refractivity contribution in [2.24, 2.45) is 0 Å². The van der Waals surface area contributed by atoms with Crippen molar-refractivity contribution in [3.8, 4) is 0 Å². The Labute approximate surface area is 131 Å². The Morgan fingerprint density at radius 3 is 2.81 bits per heavy atom. The average Bonchev–Trinajstić information content (AvgIpc) is 3.10. The minimum absolute atomic E-state index is 0.0760. The highest BCUT2D eigenvalue weighted by atomic mass is 35.5. The Morgan fingerprint density at radius 1 is 1.33 bits per heavy atom. The summed E-state index contributed by atoms with van der Waals surface area (Å²) in [5, 5.41) is 4.88. The van der Waals surface area contributed by atoms with Crippen LogP contribution in [0.15, 0.2) is 0 Å². The molecule has 1 spiro atoms. The molecule has 0 saturated carbocycles. The Kier molecular flexibility index (Phi) is 4.57. The summed E-state index contributed by atoms with van der Waals surface area (Å²) in [4.78, 5) is 0. The second-order valence-corrected chi connectivity index (χ2v) is 6.41. The topological polar surface area (TPSA) is 36.3 Å². The van der Waals surface area contributed by atoms with E-state index in [1.165, 1.54) is 11.3 Å². The number of rotatable bonds is 4. The SMILES string of the molecule is CCc1nn(C2CCOC3(CCOC3)C2)c(CC)c1CCl. The lowest BCUT2D eigenvalue weighted by Crippen LogP contribution is -2.41. The van der Waals surface area contributed by atoms with E-state index in [-0.39, 0.29) is 5.60 Å². The van der Waals surface area contributed by atoms with Crippen LogP contribution in [-0.2, 0) is 28.2 Å². The number of nitrogens with zero attached hydrogens (tertiary/aromatic N) is 2. The zero-order valence-electron chi connectivity index (χ0n) is 13.0. The van der Waals surface area contributed by atoms with Crippen LogP contribution >= 0.6 is 11.6 Å². The number of aryl methyl sites for hydroxylation is 1. The van der Waals surface area contributed by atoms with E-state index in [1.54, 1.807) is 0 Å². The van der Waals surface area contributed by atoms with Crippen LogP contribution < -0.4 is 0 Å². The quantitative estimate of drug-likeness (QED) is 0.801. The molecule has 2 fully saturated rings. The van der Waals surface area contributed by atoms with Crippen molar-refractivity contribution in [3.05, 3.63) is 17.0 Å². The van der Waals surface area contributed by atoms with Gasteiger partial charge in [0.25, 0.3) is 0 Å². The molecule has 0 N–H and O–H groups in total. The van der Waals surface area contributed by atoms with Gasteiger partial charge in [0.2, 0.25) is 0 Å². The standard InChI is InChI=1S/C16H25ClN2O2/c1-3-14-13(10-17)15(4-2)19(18-14)12-5-7-21-16(9-12)6-8-20-11-16/h12H,3-11H2,1-2H3. The molecule has 0 amide bonds. The molecular formula is C16H25ClN2O2. The van der Waals surface area contributed by atoms with Crippen molar-refractivity contribution >= 4 is 11.6 Å². The molecule has 2 aliphatic heterocycles. The van der Waals surface area contributed by atoms with Crippen LogP contribution in [0.1, 0.15) is 56.1 Å². The van der Waals surface area contributed by atoms with Gasteiger partial charge in [-0.15, -0.1) is 11.6 Å². The largest absolute Gasteiger partial charge is 0.378 e.